The van der Waals surface area contributed by atoms with Gasteiger partial charge in [0.1, 0.15) is 5.00 Å². The molecule has 2 heterocycles. The molecule has 0 amide bonds. The van der Waals surface area contributed by atoms with Crippen LogP contribution in [0.4, 0.5) is 10.7 Å². The number of aliphatic imine (C=N–C) groups is 1. The first-order chi connectivity index (χ1) is 6.20. The smallest absolute Gasteiger partial charge is 0.333 e. The average Bonchev–Trinajstić information content (AvgIpc) is 2.52. The second-order valence-corrected chi connectivity index (χ2v) is 3.47. The topological polar surface area (TPSA) is 78.9 Å². The fraction of sp³-hybridized carbons (Fsp3) is 0.143. The number of carboxylic acids is 1. The minimum absolute atomic E-state index is 0.690. The van der Waals surface area contributed by atoms with E-state index < -0.39 is 12.0 Å². The van der Waals surface area contributed by atoms with Gasteiger partial charge in [-0.15, -0.1) is 11.3 Å². The number of rotatable bonds is 1. The molecule has 5 nitrogen and oxygen atoms in total. The van der Waals surface area contributed by atoms with Gasteiger partial charge in [0.25, 0.3) is 0 Å². The van der Waals surface area contributed by atoms with Crippen molar-refractivity contribution in [2.24, 2.45) is 10.8 Å². The fourth-order valence-corrected chi connectivity index (χ4v) is 1.92. The van der Waals surface area contributed by atoms with E-state index >= 15 is 0 Å². The van der Waals surface area contributed by atoms with Crippen LogP contribution in [-0.2, 0) is 4.79 Å². The second-order valence-electron chi connectivity index (χ2n) is 2.58. The predicted octanol–water partition coefficient (Wildman–Crippen LogP) is 0.597. The lowest BCUT2D eigenvalue weighted by molar-refractivity contribution is -0.136. The summed E-state index contributed by atoms with van der Waals surface area (Å²) in [7, 11) is 0. The Morgan fingerprint density at radius 2 is 2.54 bits per heavy atom. The first-order valence-corrected chi connectivity index (χ1v) is 4.46. The Morgan fingerprint density at radius 1 is 1.77 bits per heavy atom. The number of hydrogen-bond acceptors (Lipinski definition) is 5. The fourth-order valence-electron chi connectivity index (χ4n) is 1.12. The Balaban J connectivity index is 2.41. The summed E-state index contributed by atoms with van der Waals surface area (Å²) >= 11 is 1.38. The summed E-state index contributed by atoms with van der Waals surface area (Å²) in [6.45, 7) is 0. The number of thiophene rings is 1. The number of carbonyl (C=O) groups is 1. The van der Waals surface area contributed by atoms with Crippen molar-refractivity contribution >= 4 is 34.2 Å². The molecule has 1 aromatic rings. The van der Waals surface area contributed by atoms with Crippen LogP contribution in [-0.4, -0.2) is 23.3 Å². The van der Waals surface area contributed by atoms with E-state index in [-0.39, 0.29) is 0 Å². The van der Waals surface area contributed by atoms with E-state index in [1.165, 1.54) is 22.6 Å². The molecule has 68 valence electrons. The molecule has 0 bridgehead atoms. The van der Waals surface area contributed by atoms with Gasteiger partial charge < -0.3 is 5.11 Å². The summed E-state index contributed by atoms with van der Waals surface area (Å²) in [5.74, 6) is 4.61. The molecule has 13 heavy (non-hydrogen) atoms. The third-order valence-corrected chi connectivity index (χ3v) is 2.68. The van der Waals surface area contributed by atoms with Gasteiger partial charge in [0.05, 0.1) is 5.69 Å². The highest BCUT2D eigenvalue weighted by atomic mass is 32.1. The van der Waals surface area contributed by atoms with Crippen LogP contribution < -0.4 is 10.9 Å². The molecule has 0 saturated carbocycles. The lowest BCUT2D eigenvalue weighted by Crippen LogP contribution is -2.48. The van der Waals surface area contributed by atoms with Crippen molar-refractivity contribution in [3.05, 3.63) is 11.4 Å². The zero-order chi connectivity index (χ0) is 9.42. The SMILES string of the molecule is NN1c2sccc2N=CC1C(=O)O. The van der Waals surface area contributed by atoms with Crippen LogP contribution >= 0.6 is 11.3 Å². The van der Waals surface area contributed by atoms with Crippen LogP contribution in [0.25, 0.3) is 0 Å². The molecule has 1 atom stereocenters. The molecule has 0 fully saturated rings. The maximum Gasteiger partial charge on any atom is 0.333 e. The van der Waals surface area contributed by atoms with Gasteiger partial charge in [-0.2, -0.15) is 0 Å². The largest absolute Gasteiger partial charge is 0.479 e. The lowest BCUT2D eigenvalue weighted by atomic mass is 10.2. The zero-order valence-electron chi connectivity index (χ0n) is 6.54. The molecule has 1 unspecified atom stereocenters. The summed E-state index contributed by atoms with van der Waals surface area (Å²) in [5, 5.41) is 12.5. The van der Waals surface area contributed by atoms with Gasteiger partial charge in [0.15, 0.2) is 6.04 Å². The van der Waals surface area contributed by atoms with Crippen LogP contribution in [0.2, 0.25) is 0 Å². The highest BCUT2D eigenvalue weighted by Gasteiger charge is 2.27. The van der Waals surface area contributed by atoms with Crippen molar-refractivity contribution in [2.45, 2.75) is 6.04 Å². The molecule has 3 N–H and O–H groups in total. The molecule has 0 aromatic carbocycles. The third kappa shape index (κ3) is 1.20. The molecule has 0 aliphatic carbocycles. The van der Waals surface area contributed by atoms with Gasteiger partial charge in [-0.3, -0.25) is 10.0 Å². The number of hydrazine groups is 1. The summed E-state index contributed by atoms with van der Waals surface area (Å²) < 4.78 is 0. The van der Waals surface area contributed by atoms with Crippen molar-refractivity contribution in [3.63, 3.8) is 0 Å². The van der Waals surface area contributed by atoms with Crippen LogP contribution in [0, 0.1) is 0 Å². The third-order valence-electron chi connectivity index (χ3n) is 1.77. The molecule has 2 rings (SSSR count). The molecular weight excluding hydrogens is 190 g/mol. The molecule has 1 aliphatic heterocycles. The molecular formula is C7H7N3O2S. The highest BCUT2D eigenvalue weighted by Crippen LogP contribution is 2.36. The monoisotopic (exact) mass is 197 g/mol. The van der Waals surface area contributed by atoms with Crippen molar-refractivity contribution in [3.8, 4) is 0 Å². The normalized spacial score (nSPS) is 20.1. The maximum atomic E-state index is 10.7. The van der Waals surface area contributed by atoms with Gasteiger partial charge in [-0.05, 0) is 11.4 Å². The van der Waals surface area contributed by atoms with E-state index in [4.69, 9.17) is 10.9 Å². The lowest BCUT2D eigenvalue weighted by Gasteiger charge is -2.24. The van der Waals surface area contributed by atoms with E-state index in [2.05, 4.69) is 4.99 Å². The van der Waals surface area contributed by atoms with Crippen LogP contribution in [0.15, 0.2) is 16.4 Å². The van der Waals surface area contributed by atoms with E-state index in [0.29, 0.717) is 5.00 Å². The number of anilines is 1. The van der Waals surface area contributed by atoms with Gasteiger partial charge in [0.2, 0.25) is 0 Å². The van der Waals surface area contributed by atoms with E-state index in [1.807, 2.05) is 5.38 Å². The molecule has 1 aromatic heterocycles. The zero-order valence-corrected chi connectivity index (χ0v) is 7.36. The van der Waals surface area contributed by atoms with Gasteiger partial charge in [0, 0.05) is 6.21 Å². The van der Waals surface area contributed by atoms with Crippen molar-refractivity contribution < 1.29 is 9.90 Å². The van der Waals surface area contributed by atoms with Crippen molar-refractivity contribution in [2.75, 3.05) is 5.01 Å². The van der Waals surface area contributed by atoms with Crippen molar-refractivity contribution in [1.29, 1.82) is 0 Å². The van der Waals surface area contributed by atoms with Crippen molar-refractivity contribution in [1.82, 2.24) is 0 Å². The number of nitrogens with zero attached hydrogens (tertiary/aromatic N) is 2. The quantitative estimate of drug-likeness (QED) is 0.646. The second kappa shape index (κ2) is 2.82. The number of nitrogens with two attached hydrogens (primary N) is 1. The first kappa shape index (κ1) is 8.21. The Kier molecular flexibility index (Phi) is 1.78. The average molecular weight is 197 g/mol. The number of hydrogen-bond donors (Lipinski definition) is 2. The molecule has 6 heteroatoms. The minimum atomic E-state index is -0.995. The van der Waals surface area contributed by atoms with E-state index in [9.17, 15) is 4.79 Å². The van der Waals surface area contributed by atoms with Gasteiger partial charge in [-0.25, -0.2) is 10.6 Å². The first-order valence-electron chi connectivity index (χ1n) is 3.58. The van der Waals surface area contributed by atoms with Gasteiger partial charge in [-0.1, -0.05) is 0 Å². The Bertz CT molecular complexity index is 374. The maximum absolute atomic E-state index is 10.7. The summed E-state index contributed by atoms with van der Waals surface area (Å²) in [5.41, 5.74) is 0.727. The van der Waals surface area contributed by atoms with Crippen LogP contribution in [0.1, 0.15) is 0 Å². The van der Waals surface area contributed by atoms with Crippen LogP contribution in [0.5, 0.6) is 0 Å². The summed E-state index contributed by atoms with van der Waals surface area (Å²) in [4.78, 5) is 14.7. The van der Waals surface area contributed by atoms with Gasteiger partial charge >= 0.3 is 5.97 Å². The Morgan fingerprint density at radius 3 is 3.23 bits per heavy atom. The number of fused-ring (bicyclic) bond motifs is 1. The number of carboxylic acid groups (broad SMARTS) is 1. The highest BCUT2D eigenvalue weighted by molar-refractivity contribution is 7.14. The molecule has 1 aliphatic rings. The number of aliphatic carboxylic acids is 1. The Hall–Kier alpha value is -1.40. The predicted molar refractivity (Wildman–Crippen MR) is 50.6 cm³/mol. The van der Waals surface area contributed by atoms with E-state index in [0.717, 1.165) is 5.69 Å². The minimum Gasteiger partial charge on any atom is -0.479 e. The molecule has 0 spiro atoms. The van der Waals surface area contributed by atoms with Crippen LogP contribution in [0.3, 0.4) is 0 Å². The molecule has 0 radical (unpaired) electrons. The van der Waals surface area contributed by atoms with E-state index in [1.54, 1.807) is 6.07 Å². The molecule has 0 saturated heterocycles. The summed E-state index contributed by atoms with van der Waals surface area (Å²) in [6, 6.07) is 0.945. The standard InChI is InChI=1S/C7H7N3O2S/c8-10-5(7(11)12)3-9-4-1-2-13-6(4)10/h1-3,5H,8H2,(H,11,12). The summed E-state index contributed by atoms with van der Waals surface area (Å²) in [6.07, 6.45) is 1.33. The Labute approximate surface area is 78.1 Å².